The van der Waals surface area contributed by atoms with Crippen molar-refractivity contribution in [3.05, 3.63) is 39.7 Å². The van der Waals surface area contributed by atoms with E-state index in [1.54, 1.807) is 23.1 Å². The molecule has 0 spiro atoms. The van der Waals surface area contributed by atoms with Gasteiger partial charge in [-0.1, -0.05) is 18.4 Å². The maximum atomic E-state index is 6.90. The Balaban J connectivity index is 2.57. The molecule has 1 atom stereocenters. The van der Waals surface area contributed by atoms with Crippen LogP contribution in [0.2, 0.25) is 0 Å². The second-order valence-electron chi connectivity index (χ2n) is 2.35. The van der Waals surface area contributed by atoms with Crippen LogP contribution in [0.4, 0.5) is 0 Å². The van der Waals surface area contributed by atoms with Crippen molar-refractivity contribution in [1.29, 1.82) is 0 Å². The van der Waals surface area contributed by atoms with Crippen LogP contribution in [-0.4, -0.2) is 0 Å². The van der Waals surface area contributed by atoms with Gasteiger partial charge in [0.25, 0.3) is 0 Å². The molecule has 1 aromatic heterocycles. The van der Waals surface area contributed by atoms with Gasteiger partial charge in [-0.05, 0) is 17.9 Å². The predicted molar refractivity (Wildman–Crippen MR) is 58.4 cm³/mol. The van der Waals surface area contributed by atoms with Crippen molar-refractivity contribution in [2.24, 2.45) is 0 Å². The zero-order chi connectivity index (χ0) is 8.81. The highest BCUT2D eigenvalue weighted by atomic mass is 32.2. The molecule has 66 valence electrons. The zero-order valence-electron chi connectivity index (χ0n) is 6.99. The minimum absolute atomic E-state index is 0.534. The largest absolute Gasteiger partial charge is 0.705 e. The van der Waals surface area contributed by atoms with E-state index in [0.717, 1.165) is 6.42 Å². The SMILES string of the molecule is CCC(S/C=C\[NH-])c1cccs1. The highest BCUT2D eigenvalue weighted by Gasteiger charge is 2.07. The van der Waals surface area contributed by atoms with Crippen LogP contribution in [0.25, 0.3) is 5.73 Å². The van der Waals surface area contributed by atoms with E-state index in [4.69, 9.17) is 5.73 Å². The molecule has 0 fully saturated rings. The second-order valence-corrected chi connectivity index (χ2v) is 4.44. The smallest absolute Gasteiger partial charge is 0.0429 e. The van der Waals surface area contributed by atoms with Crippen LogP contribution < -0.4 is 0 Å². The third kappa shape index (κ3) is 2.57. The Hall–Kier alpha value is -0.410. The first-order chi connectivity index (χ1) is 5.88. The Bertz CT molecular complexity index is 229. The highest BCUT2D eigenvalue weighted by molar-refractivity contribution is 8.02. The van der Waals surface area contributed by atoms with Crippen molar-refractivity contribution >= 4 is 23.1 Å². The summed E-state index contributed by atoms with van der Waals surface area (Å²) >= 11 is 3.51. The first-order valence-corrected chi connectivity index (χ1v) is 5.72. The number of thioether (sulfide) groups is 1. The average Bonchev–Trinajstić information content (AvgIpc) is 2.59. The molecule has 1 aromatic rings. The third-order valence-electron chi connectivity index (χ3n) is 1.54. The molecule has 0 radical (unpaired) electrons. The Kier molecular flexibility index (Phi) is 4.25. The van der Waals surface area contributed by atoms with Gasteiger partial charge in [0.05, 0.1) is 0 Å². The summed E-state index contributed by atoms with van der Waals surface area (Å²) in [6.07, 6.45) is 2.47. The molecule has 0 amide bonds. The Morgan fingerprint density at radius 3 is 3.08 bits per heavy atom. The van der Waals surface area contributed by atoms with E-state index in [-0.39, 0.29) is 0 Å². The molecule has 0 saturated heterocycles. The van der Waals surface area contributed by atoms with Gasteiger partial charge >= 0.3 is 0 Å². The summed E-state index contributed by atoms with van der Waals surface area (Å²) in [4.78, 5) is 1.40. The summed E-state index contributed by atoms with van der Waals surface area (Å²) in [5.41, 5.74) is 6.90. The minimum Gasteiger partial charge on any atom is -0.705 e. The van der Waals surface area contributed by atoms with Gasteiger partial charge < -0.3 is 5.73 Å². The molecular formula is C9H12NS2-. The van der Waals surface area contributed by atoms with Crippen LogP contribution in [0.15, 0.2) is 29.1 Å². The number of hydrogen-bond donors (Lipinski definition) is 0. The van der Waals surface area contributed by atoms with E-state index in [0.29, 0.717) is 5.25 Å². The van der Waals surface area contributed by atoms with Crippen LogP contribution in [0, 0.1) is 0 Å². The van der Waals surface area contributed by atoms with Crippen molar-refractivity contribution < 1.29 is 0 Å². The normalized spacial score (nSPS) is 13.8. The monoisotopic (exact) mass is 198 g/mol. The Labute approximate surface area is 81.7 Å². The molecule has 12 heavy (non-hydrogen) atoms. The lowest BCUT2D eigenvalue weighted by Gasteiger charge is -2.09. The lowest BCUT2D eigenvalue weighted by Crippen LogP contribution is -1.85. The van der Waals surface area contributed by atoms with Crippen LogP contribution in [-0.2, 0) is 0 Å². The number of hydrogen-bond acceptors (Lipinski definition) is 2. The first kappa shape index (κ1) is 9.68. The van der Waals surface area contributed by atoms with Gasteiger partial charge in [-0.2, -0.15) is 6.20 Å². The summed E-state index contributed by atoms with van der Waals surface area (Å²) in [5, 5.41) is 4.48. The zero-order valence-corrected chi connectivity index (χ0v) is 8.62. The molecule has 0 aliphatic rings. The van der Waals surface area contributed by atoms with Crippen molar-refractivity contribution in [2.75, 3.05) is 0 Å². The van der Waals surface area contributed by atoms with Gasteiger partial charge in [0.2, 0.25) is 0 Å². The van der Waals surface area contributed by atoms with E-state index < -0.39 is 0 Å². The standard InChI is InChI=1S/C9H12NS2/c1-2-8(12-7-5-10)9-4-3-6-11-9/h3-8,10H,2H2,1H3/q-1/b7-5-. The van der Waals surface area contributed by atoms with Crippen molar-refractivity contribution in [1.82, 2.24) is 0 Å². The quantitative estimate of drug-likeness (QED) is 0.701. The van der Waals surface area contributed by atoms with Crippen LogP contribution in [0.5, 0.6) is 0 Å². The Morgan fingerprint density at radius 2 is 2.58 bits per heavy atom. The highest BCUT2D eigenvalue weighted by Crippen LogP contribution is 2.35. The lowest BCUT2D eigenvalue weighted by molar-refractivity contribution is 0.917. The molecule has 0 aliphatic heterocycles. The molecule has 0 bridgehead atoms. The van der Waals surface area contributed by atoms with Gasteiger partial charge in [-0.15, -0.1) is 23.1 Å². The fourth-order valence-corrected chi connectivity index (χ4v) is 2.77. The molecule has 1 rings (SSSR count). The van der Waals surface area contributed by atoms with Crippen LogP contribution in [0.3, 0.4) is 0 Å². The van der Waals surface area contributed by atoms with Gasteiger partial charge in [-0.25, -0.2) is 0 Å². The maximum Gasteiger partial charge on any atom is 0.0429 e. The van der Waals surface area contributed by atoms with E-state index in [9.17, 15) is 0 Å². The van der Waals surface area contributed by atoms with Crippen molar-refractivity contribution in [2.45, 2.75) is 18.6 Å². The fourth-order valence-electron chi connectivity index (χ4n) is 0.973. The Morgan fingerprint density at radius 1 is 1.75 bits per heavy atom. The second kappa shape index (κ2) is 5.27. The summed E-state index contributed by atoms with van der Waals surface area (Å²) in [7, 11) is 0. The van der Waals surface area contributed by atoms with Gasteiger partial charge in [0.1, 0.15) is 0 Å². The molecule has 1 N–H and O–H groups in total. The third-order valence-corrected chi connectivity index (χ3v) is 3.89. The summed E-state index contributed by atoms with van der Waals surface area (Å²) < 4.78 is 0. The predicted octanol–water partition coefficient (Wildman–Crippen LogP) is 4.46. The van der Waals surface area contributed by atoms with Crippen LogP contribution in [0.1, 0.15) is 23.5 Å². The summed E-state index contributed by atoms with van der Waals surface area (Å²) in [6.45, 7) is 2.18. The summed E-state index contributed by atoms with van der Waals surface area (Å²) in [6, 6.07) is 4.23. The first-order valence-electron chi connectivity index (χ1n) is 3.89. The number of rotatable bonds is 4. The lowest BCUT2D eigenvalue weighted by atomic mass is 10.3. The van der Waals surface area contributed by atoms with Gasteiger partial charge in [-0.3, -0.25) is 0 Å². The molecule has 1 nitrogen and oxygen atoms in total. The average molecular weight is 198 g/mol. The number of nitrogens with one attached hydrogen (secondary N) is 1. The minimum atomic E-state index is 0.534. The number of thiophene rings is 1. The molecule has 0 aromatic carbocycles. The molecule has 3 heteroatoms. The van der Waals surface area contributed by atoms with Crippen LogP contribution >= 0.6 is 23.1 Å². The summed E-state index contributed by atoms with van der Waals surface area (Å²) in [5.74, 6) is 0. The van der Waals surface area contributed by atoms with E-state index >= 15 is 0 Å². The van der Waals surface area contributed by atoms with E-state index in [1.165, 1.54) is 11.1 Å². The van der Waals surface area contributed by atoms with Gasteiger partial charge in [0.15, 0.2) is 0 Å². The molecular weight excluding hydrogens is 186 g/mol. The van der Waals surface area contributed by atoms with Gasteiger partial charge in [0, 0.05) is 10.1 Å². The van der Waals surface area contributed by atoms with E-state index in [1.807, 2.05) is 5.41 Å². The molecule has 1 unspecified atom stereocenters. The molecule has 0 saturated carbocycles. The topological polar surface area (TPSA) is 23.8 Å². The molecule has 1 heterocycles. The van der Waals surface area contributed by atoms with Crippen molar-refractivity contribution in [3.63, 3.8) is 0 Å². The fraction of sp³-hybridized carbons (Fsp3) is 0.333. The molecule has 0 aliphatic carbocycles. The maximum absolute atomic E-state index is 6.90. The van der Waals surface area contributed by atoms with E-state index in [2.05, 4.69) is 24.4 Å². The van der Waals surface area contributed by atoms with Crippen molar-refractivity contribution in [3.8, 4) is 0 Å².